The Bertz CT molecular complexity index is 740. The van der Waals surface area contributed by atoms with Crippen LogP contribution in [0, 0.1) is 17.3 Å². The van der Waals surface area contributed by atoms with Crippen molar-refractivity contribution in [2.75, 3.05) is 0 Å². The zero-order valence-electron chi connectivity index (χ0n) is 15.9. The number of ether oxygens (including phenoxy) is 2. The van der Waals surface area contributed by atoms with Crippen LogP contribution in [0.25, 0.3) is 0 Å². The maximum Gasteiger partial charge on any atom is 0.308 e. The quantitative estimate of drug-likeness (QED) is 0.582. The van der Waals surface area contributed by atoms with Crippen molar-refractivity contribution in [1.82, 2.24) is 0 Å². The highest BCUT2D eigenvalue weighted by atomic mass is 16.5. The fourth-order valence-electron chi connectivity index (χ4n) is 6.11. The first-order chi connectivity index (χ1) is 12.4. The van der Waals surface area contributed by atoms with Crippen LogP contribution in [0.2, 0.25) is 0 Å². The molecule has 0 unspecified atom stereocenters. The van der Waals surface area contributed by atoms with Crippen LogP contribution >= 0.6 is 0 Å². The van der Waals surface area contributed by atoms with Gasteiger partial charge in [-0.05, 0) is 85.0 Å². The highest BCUT2D eigenvalue weighted by Gasteiger charge is 2.53. The number of rotatable bonds is 2. The third-order valence-corrected chi connectivity index (χ3v) is 7.02. The van der Waals surface area contributed by atoms with Gasteiger partial charge in [0.05, 0.1) is 0 Å². The monoisotopic (exact) mass is 356 g/mol. The van der Waals surface area contributed by atoms with E-state index in [9.17, 15) is 9.59 Å². The first kappa shape index (κ1) is 17.6. The maximum atomic E-state index is 11.4. The molecule has 0 spiro atoms. The van der Waals surface area contributed by atoms with Crippen molar-refractivity contribution < 1.29 is 19.1 Å². The Morgan fingerprint density at radius 1 is 1.15 bits per heavy atom. The van der Waals surface area contributed by atoms with E-state index in [1.165, 1.54) is 44.2 Å². The molecule has 4 rings (SSSR count). The van der Waals surface area contributed by atoms with Gasteiger partial charge in [0.1, 0.15) is 11.9 Å². The fourth-order valence-corrected chi connectivity index (χ4v) is 6.11. The molecule has 3 aliphatic rings. The van der Waals surface area contributed by atoms with Crippen molar-refractivity contribution in [3.63, 3.8) is 0 Å². The molecule has 140 valence electrons. The van der Waals surface area contributed by atoms with Crippen molar-refractivity contribution in [3.05, 3.63) is 29.3 Å². The zero-order chi connectivity index (χ0) is 18.5. The van der Waals surface area contributed by atoms with E-state index in [2.05, 4.69) is 19.1 Å². The minimum Gasteiger partial charge on any atom is -0.463 e. The molecule has 5 atom stereocenters. The van der Waals surface area contributed by atoms with Crippen LogP contribution in [-0.2, 0) is 20.7 Å². The predicted molar refractivity (Wildman–Crippen MR) is 97.9 cm³/mol. The molecule has 0 saturated heterocycles. The molecule has 4 heteroatoms. The Labute approximate surface area is 155 Å². The van der Waals surface area contributed by atoms with Gasteiger partial charge >= 0.3 is 11.9 Å². The van der Waals surface area contributed by atoms with E-state index in [1.807, 2.05) is 6.07 Å². The Hall–Kier alpha value is -1.84. The van der Waals surface area contributed by atoms with Gasteiger partial charge in [0.25, 0.3) is 0 Å². The Kier molecular flexibility index (Phi) is 4.32. The summed E-state index contributed by atoms with van der Waals surface area (Å²) in [6.07, 6.45) is 6.72. The molecule has 2 saturated carbocycles. The molecule has 26 heavy (non-hydrogen) atoms. The smallest absolute Gasteiger partial charge is 0.308 e. The van der Waals surface area contributed by atoms with Gasteiger partial charge in [-0.3, -0.25) is 9.59 Å². The van der Waals surface area contributed by atoms with Crippen LogP contribution in [0.4, 0.5) is 0 Å². The van der Waals surface area contributed by atoms with Gasteiger partial charge in [0.15, 0.2) is 0 Å². The summed E-state index contributed by atoms with van der Waals surface area (Å²) in [5.74, 6) is 2.12. The second-order valence-electron chi connectivity index (χ2n) is 8.73. The first-order valence-corrected chi connectivity index (χ1v) is 9.84. The van der Waals surface area contributed by atoms with Crippen molar-refractivity contribution in [3.8, 4) is 5.75 Å². The number of fused-ring (bicyclic) bond motifs is 5. The summed E-state index contributed by atoms with van der Waals surface area (Å²) in [6.45, 7) is 5.36. The van der Waals surface area contributed by atoms with E-state index >= 15 is 0 Å². The lowest BCUT2D eigenvalue weighted by Gasteiger charge is -2.49. The Morgan fingerprint density at radius 3 is 2.69 bits per heavy atom. The molecule has 0 aromatic heterocycles. The minimum atomic E-state index is -0.269. The first-order valence-electron chi connectivity index (χ1n) is 9.84. The number of carbonyl (C=O) groups is 2. The van der Waals surface area contributed by atoms with Crippen molar-refractivity contribution in [2.24, 2.45) is 17.3 Å². The molecule has 0 aliphatic heterocycles. The zero-order valence-corrected chi connectivity index (χ0v) is 15.9. The molecule has 0 heterocycles. The summed E-state index contributed by atoms with van der Waals surface area (Å²) >= 11 is 0. The van der Waals surface area contributed by atoms with Crippen LogP contribution in [0.1, 0.15) is 69.9 Å². The van der Waals surface area contributed by atoms with Gasteiger partial charge in [-0.25, -0.2) is 0 Å². The average molecular weight is 356 g/mol. The Balaban J connectivity index is 1.57. The third kappa shape index (κ3) is 3.04. The average Bonchev–Trinajstić information content (AvgIpc) is 2.89. The Morgan fingerprint density at radius 2 is 1.96 bits per heavy atom. The van der Waals surface area contributed by atoms with Gasteiger partial charge in [-0.2, -0.15) is 0 Å². The van der Waals surface area contributed by atoms with Gasteiger partial charge in [-0.15, -0.1) is 0 Å². The highest BCUT2D eigenvalue weighted by Crippen LogP contribution is 2.61. The van der Waals surface area contributed by atoms with E-state index in [4.69, 9.17) is 9.47 Å². The molecule has 3 aliphatic carbocycles. The largest absolute Gasteiger partial charge is 0.463 e. The summed E-state index contributed by atoms with van der Waals surface area (Å²) < 4.78 is 10.8. The van der Waals surface area contributed by atoms with Crippen LogP contribution < -0.4 is 4.74 Å². The molecule has 4 nitrogen and oxygen atoms in total. The number of aryl methyl sites for hydroxylation is 1. The van der Waals surface area contributed by atoms with E-state index < -0.39 is 0 Å². The minimum absolute atomic E-state index is 0.0917. The molecule has 0 bridgehead atoms. The molecular weight excluding hydrogens is 328 g/mol. The lowest BCUT2D eigenvalue weighted by Crippen LogP contribution is -2.39. The van der Waals surface area contributed by atoms with Gasteiger partial charge in [0.2, 0.25) is 0 Å². The van der Waals surface area contributed by atoms with E-state index in [-0.39, 0.29) is 18.0 Å². The molecular formula is C22H28O4. The van der Waals surface area contributed by atoms with Crippen LogP contribution in [0.15, 0.2) is 18.2 Å². The lowest BCUT2D eigenvalue weighted by molar-refractivity contribution is -0.146. The summed E-state index contributed by atoms with van der Waals surface area (Å²) in [6, 6.07) is 6.16. The normalized spacial score (nSPS) is 35.0. The van der Waals surface area contributed by atoms with Crippen LogP contribution in [-0.4, -0.2) is 18.0 Å². The number of benzene rings is 1. The predicted octanol–water partition coefficient (Wildman–Crippen LogP) is 4.40. The molecule has 1 aromatic carbocycles. The summed E-state index contributed by atoms with van der Waals surface area (Å²) in [5, 5.41) is 0. The number of esters is 2. The fraction of sp³-hybridized carbons (Fsp3) is 0.636. The molecule has 0 radical (unpaired) electrons. The number of carbonyl (C=O) groups excluding carboxylic acids is 2. The van der Waals surface area contributed by atoms with Crippen LogP contribution in [0.3, 0.4) is 0 Å². The second kappa shape index (κ2) is 6.40. The molecule has 1 aromatic rings. The molecule has 2 fully saturated rings. The van der Waals surface area contributed by atoms with Crippen molar-refractivity contribution in [1.29, 1.82) is 0 Å². The van der Waals surface area contributed by atoms with Gasteiger partial charge in [-0.1, -0.05) is 13.0 Å². The van der Waals surface area contributed by atoms with Gasteiger partial charge in [0, 0.05) is 13.8 Å². The van der Waals surface area contributed by atoms with Crippen molar-refractivity contribution >= 4 is 11.9 Å². The van der Waals surface area contributed by atoms with Crippen LogP contribution in [0.5, 0.6) is 5.75 Å². The molecule has 0 N–H and O–H groups in total. The SMILES string of the molecule is CC(=O)Oc1ccc2c(c1)CC[C@@H]1[C@@H]2CC[C@]2(C)C[C@@H](OC(C)=O)C[C@@H]12. The standard InChI is InChI=1S/C22H28O4/c1-13(23)25-16-5-7-18-15(10-16)4-6-20-19(18)8-9-22(3)12-17(11-21(20)22)26-14(2)24/h5,7,10,17,19-21H,4,6,8-9,11-12H2,1-3H3/t17-,19+,20+,21-,22+/m0/s1. The highest BCUT2D eigenvalue weighted by molar-refractivity contribution is 5.69. The maximum absolute atomic E-state index is 11.4. The van der Waals surface area contributed by atoms with Gasteiger partial charge < -0.3 is 9.47 Å². The number of hydrogen-bond acceptors (Lipinski definition) is 4. The third-order valence-electron chi connectivity index (χ3n) is 7.02. The van der Waals surface area contributed by atoms with E-state index in [1.54, 1.807) is 0 Å². The van der Waals surface area contributed by atoms with Crippen molar-refractivity contribution in [2.45, 2.75) is 71.3 Å². The summed E-state index contributed by atoms with van der Waals surface area (Å²) in [7, 11) is 0. The van der Waals surface area contributed by atoms with E-state index in [0.29, 0.717) is 28.9 Å². The summed E-state index contributed by atoms with van der Waals surface area (Å²) in [4.78, 5) is 22.6. The molecule has 0 amide bonds. The second-order valence-corrected chi connectivity index (χ2v) is 8.73. The summed E-state index contributed by atoms with van der Waals surface area (Å²) in [5.41, 5.74) is 3.08. The van der Waals surface area contributed by atoms with E-state index in [0.717, 1.165) is 19.3 Å². The number of hydrogen-bond donors (Lipinski definition) is 0. The topological polar surface area (TPSA) is 52.6 Å². The lowest BCUT2D eigenvalue weighted by atomic mass is 9.56.